The summed E-state index contributed by atoms with van der Waals surface area (Å²) in [5, 5.41) is 0. The van der Waals surface area contributed by atoms with Crippen molar-refractivity contribution in [2.24, 2.45) is 5.73 Å². The zero-order chi connectivity index (χ0) is 13.5. The lowest BCUT2D eigenvalue weighted by Gasteiger charge is -2.30. The summed E-state index contributed by atoms with van der Waals surface area (Å²) in [6, 6.07) is 8.01. The number of amides is 1. The van der Waals surface area contributed by atoms with Crippen LogP contribution in [-0.4, -0.2) is 29.9 Å². The maximum absolute atomic E-state index is 12.6. The second kappa shape index (κ2) is 7.17. The number of carbonyl (C=O) groups excluding carboxylic acids is 1. The molecule has 0 aliphatic heterocycles. The molecule has 0 saturated heterocycles. The molecule has 0 bridgehead atoms. The molecule has 0 fully saturated rings. The SMILES string of the molecule is CCC(CC)N(CCN)C(=O)c1ccccc1C. The van der Waals surface area contributed by atoms with Gasteiger partial charge in [-0.2, -0.15) is 0 Å². The molecule has 0 radical (unpaired) electrons. The highest BCUT2D eigenvalue weighted by atomic mass is 16.2. The second-order valence-corrected chi connectivity index (χ2v) is 4.57. The summed E-state index contributed by atoms with van der Waals surface area (Å²) in [4.78, 5) is 14.5. The van der Waals surface area contributed by atoms with Crippen LogP contribution >= 0.6 is 0 Å². The Balaban J connectivity index is 2.99. The predicted octanol–water partition coefficient (Wildman–Crippen LogP) is 2.58. The molecule has 1 rings (SSSR count). The first kappa shape index (κ1) is 14.7. The highest BCUT2D eigenvalue weighted by Crippen LogP contribution is 2.15. The summed E-state index contributed by atoms with van der Waals surface area (Å²) in [5.74, 6) is 0.104. The van der Waals surface area contributed by atoms with Crippen molar-refractivity contribution in [3.8, 4) is 0 Å². The molecular formula is C15H24N2O. The van der Waals surface area contributed by atoms with E-state index >= 15 is 0 Å². The Kier molecular flexibility index (Phi) is 5.86. The number of carbonyl (C=O) groups is 1. The van der Waals surface area contributed by atoms with E-state index in [0.29, 0.717) is 13.1 Å². The molecule has 100 valence electrons. The lowest BCUT2D eigenvalue weighted by molar-refractivity contribution is 0.0673. The quantitative estimate of drug-likeness (QED) is 0.841. The Hall–Kier alpha value is -1.35. The van der Waals surface area contributed by atoms with Crippen LogP contribution < -0.4 is 5.73 Å². The van der Waals surface area contributed by atoms with Crippen molar-refractivity contribution in [2.45, 2.75) is 39.7 Å². The van der Waals surface area contributed by atoms with E-state index in [2.05, 4.69) is 13.8 Å². The fourth-order valence-corrected chi connectivity index (χ4v) is 2.29. The standard InChI is InChI=1S/C15H24N2O/c1-4-13(5-2)17(11-10-16)15(18)14-9-7-6-8-12(14)3/h6-9,13H,4-5,10-11,16H2,1-3H3. The third-order valence-corrected chi connectivity index (χ3v) is 3.39. The number of nitrogens with two attached hydrogens (primary N) is 1. The molecule has 1 aromatic rings. The van der Waals surface area contributed by atoms with E-state index in [1.807, 2.05) is 36.1 Å². The van der Waals surface area contributed by atoms with E-state index in [4.69, 9.17) is 5.73 Å². The minimum atomic E-state index is 0.104. The third kappa shape index (κ3) is 3.33. The van der Waals surface area contributed by atoms with Gasteiger partial charge in [0.05, 0.1) is 0 Å². The molecular weight excluding hydrogens is 224 g/mol. The number of nitrogens with zero attached hydrogens (tertiary/aromatic N) is 1. The smallest absolute Gasteiger partial charge is 0.254 e. The molecule has 2 N–H and O–H groups in total. The van der Waals surface area contributed by atoms with Crippen LogP contribution in [0.4, 0.5) is 0 Å². The molecule has 0 aliphatic rings. The molecule has 0 aromatic heterocycles. The maximum Gasteiger partial charge on any atom is 0.254 e. The molecule has 0 unspecified atom stereocenters. The minimum absolute atomic E-state index is 0.104. The average molecular weight is 248 g/mol. The number of rotatable bonds is 6. The molecule has 0 heterocycles. The first-order valence-electron chi connectivity index (χ1n) is 6.72. The van der Waals surface area contributed by atoms with E-state index in [0.717, 1.165) is 24.0 Å². The maximum atomic E-state index is 12.6. The highest BCUT2D eigenvalue weighted by Gasteiger charge is 2.22. The molecule has 0 spiro atoms. The van der Waals surface area contributed by atoms with Crippen molar-refractivity contribution >= 4 is 5.91 Å². The fourth-order valence-electron chi connectivity index (χ4n) is 2.29. The first-order chi connectivity index (χ1) is 8.65. The van der Waals surface area contributed by atoms with Gasteiger partial charge in [0.15, 0.2) is 0 Å². The molecule has 3 heteroatoms. The van der Waals surface area contributed by atoms with Crippen LogP contribution in [0.2, 0.25) is 0 Å². The Labute approximate surface area is 110 Å². The summed E-state index contributed by atoms with van der Waals surface area (Å²) in [6.07, 6.45) is 1.93. The van der Waals surface area contributed by atoms with Gasteiger partial charge >= 0.3 is 0 Å². The molecule has 1 amide bonds. The van der Waals surface area contributed by atoms with Crippen LogP contribution in [0.3, 0.4) is 0 Å². The number of benzene rings is 1. The van der Waals surface area contributed by atoms with Crippen molar-refractivity contribution in [2.75, 3.05) is 13.1 Å². The Morgan fingerprint density at radius 1 is 1.28 bits per heavy atom. The summed E-state index contributed by atoms with van der Waals surface area (Å²) in [5.41, 5.74) is 7.45. The van der Waals surface area contributed by atoms with Gasteiger partial charge in [-0.3, -0.25) is 4.79 Å². The van der Waals surface area contributed by atoms with Crippen molar-refractivity contribution in [1.29, 1.82) is 0 Å². The van der Waals surface area contributed by atoms with Gasteiger partial charge in [0.1, 0.15) is 0 Å². The van der Waals surface area contributed by atoms with Gasteiger partial charge in [-0.25, -0.2) is 0 Å². The second-order valence-electron chi connectivity index (χ2n) is 4.57. The van der Waals surface area contributed by atoms with Crippen LogP contribution in [0, 0.1) is 6.92 Å². The van der Waals surface area contributed by atoms with Crippen LogP contribution in [-0.2, 0) is 0 Å². The Morgan fingerprint density at radius 2 is 1.89 bits per heavy atom. The molecule has 0 saturated carbocycles. The van der Waals surface area contributed by atoms with Gasteiger partial charge in [-0.15, -0.1) is 0 Å². The van der Waals surface area contributed by atoms with E-state index in [-0.39, 0.29) is 11.9 Å². The zero-order valence-electron chi connectivity index (χ0n) is 11.6. The van der Waals surface area contributed by atoms with Crippen LogP contribution in [0.15, 0.2) is 24.3 Å². The fraction of sp³-hybridized carbons (Fsp3) is 0.533. The largest absolute Gasteiger partial charge is 0.334 e. The molecule has 0 atom stereocenters. The van der Waals surface area contributed by atoms with Gasteiger partial charge < -0.3 is 10.6 Å². The van der Waals surface area contributed by atoms with Gasteiger partial charge in [0.2, 0.25) is 0 Å². The van der Waals surface area contributed by atoms with Crippen molar-refractivity contribution in [3.63, 3.8) is 0 Å². The van der Waals surface area contributed by atoms with Crippen molar-refractivity contribution in [3.05, 3.63) is 35.4 Å². The van der Waals surface area contributed by atoms with Crippen molar-refractivity contribution < 1.29 is 4.79 Å². The predicted molar refractivity (Wildman–Crippen MR) is 75.6 cm³/mol. The zero-order valence-corrected chi connectivity index (χ0v) is 11.6. The summed E-state index contributed by atoms with van der Waals surface area (Å²) in [6.45, 7) is 7.33. The first-order valence-corrected chi connectivity index (χ1v) is 6.72. The monoisotopic (exact) mass is 248 g/mol. The van der Waals surface area contributed by atoms with E-state index in [1.54, 1.807) is 0 Å². The van der Waals surface area contributed by atoms with Gasteiger partial charge in [0, 0.05) is 24.7 Å². The highest BCUT2D eigenvalue weighted by molar-refractivity contribution is 5.95. The van der Waals surface area contributed by atoms with Crippen LogP contribution in [0.1, 0.15) is 42.6 Å². The average Bonchev–Trinajstić information content (AvgIpc) is 2.39. The lowest BCUT2D eigenvalue weighted by atomic mass is 10.0. The summed E-state index contributed by atoms with van der Waals surface area (Å²) in [7, 11) is 0. The van der Waals surface area contributed by atoms with E-state index in [1.165, 1.54) is 0 Å². The summed E-state index contributed by atoms with van der Waals surface area (Å²) >= 11 is 0. The number of hydrogen-bond donors (Lipinski definition) is 1. The van der Waals surface area contributed by atoms with Crippen LogP contribution in [0.25, 0.3) is 0 Å². The Morgan fingerprint density at radius 3 is 2.39 bits per heavy atom. The molecule has 1 aromatic carbocycles. The third-order valence-electron chi connectivity index (χ3n) is 3.39. The van der Waals surface area contributed by atoms with E-state index < -0.39 is 0 Å². The molecule has 18 heavy (non-hydrogen) atoms. The van der Waals surface area contributed by atoms with Gasteiger partial charge in [-0.05, 0) is 31.4 Å². The molecule has 3 nitrogen and oxygen atoms in total. The van der Waals surface area contributed by atoms with Crippen LogP contribution in [0.5, 0.6) is 0 Å². The number of hydrogen-bond acceptors (Lipinski definition) is 2. The van der Waals surface area contributed by atoms with Gasteiger partial charge in [-0.1, -0.05) is 32.0 Å². The Bertz CT molecular complexity index is 386. The normalized spacial score (nSPS) is 10.7. The van der Waals surface area contributed by atoms with E-state index in [9.17, 15) is 4.79 Å². The van der Waals surface area contributed by atoms with Gasteiger partial charge in [0.25, 0.3) is 5.91 Å². The summed E-state index contributed by atoms with van der Waals surface area (Å²) < 4.78 is 0. The minimum Gasteiger partial charge on any atom is -0.334 e. The molecule has 0 aliphatic carbocycles. The topological polar surface area (TPSA) is 46.3 Å². The number of aryl methyl sites for hydroxylation is 1. The van der Waals surface area contributed by atoms with Crippen molar-refractivity contribution in [1.82, 2.24) is 4.90 Å². The lowest BCUT2D eigenvalue weighted by Crippen LogP contribution is -2.43.